The van der Waals surface area contributed by atoms with Gasteiger partial charge in [0.2, 0.25) is 11.8 Å². The summed E-state index contributed by atoms with van der Waals surface area (Å²) in [6.07, 6.45) is -0.697. The fourth-order valence-electron chi connectivity index (χ4n) is 4.36. The Kier molecular flexibility index (Phi) is 9.07. The van der Waals surface area contributed by atoms with Gasteiger partial charge in [-0.2, -0.15) is 0 Å². The molecule has 0 saturated carbocycles. The van der Waals surface area contributed by atoms with Gasteiger partial charge in [-0.05, 0) is 61.7 Å². The molecule has 0 unspecified atom stereocenters. The van der Waals surface area contributed by atoms with Gasteiger partial charge in [-0.25, -0.2) is 9.18 Å². The summed E-state index contributed by atoms with van der Waals surface area (Å²) in [6, 6.07) is 17.5. The van der Waals surface area contributed by atoms with Crippen molar-refractivity contribution in [2.24, 2.45) is 0 Å². The molecule has 1 aliphatic heterocycles. The number of amides is 3. The summed E-state index contributed by atoms with van der Waals surface area (Å²) in [5.41, 5.74) is 2.66. The van der Waals surface area contributed by atoms with Crippen LogP contribution >= 0.6 is 11.6 Å². The van der Waals surface area contributed by atoms with Crippen LogP contribution in [-0.2, 0) is 27.4 Å². The Morgan fingerprint density at radius 3 is 2.52 bits per heavy atom. The molecule has 2 atom stereocenters. The van der Waals surface area contributed by atoms with Crippen molar-refractivity contribution >= 4 is 35.2 Å². The van der Waals surface area contributed by atoms with E-state index in [-0.39, 0.29) is 25.4 Å². The summed E-state index contributed by atoms with van der Waals surface area (Å²) in [5.74, 6) is -1.20. The van der Waals surface area contributed by atoms with Gasteiger partial charge in [-0.15, -0.1) is 0 Å². The summed E-state index contributed by atoms with van der Waals surface area (Å²) in [7, 11) is 0. The van der Waals surface area contributed by atoms with Crippen LogP contribution in [0.3, 0.4) is 0 Å². The largest absolute Gasteiger partial charge is 0.444 e. The van der Waals surface area contributed by atoms with E-state index in [4.69, 9.17) is 16.3 Å². The molecule has 10 heteroatoms. The zero-order chi connectivity index (χ0) is 28.9. The molecule has 8 nitrogen and oxygen atoms in total. The number of carbonyl (C=O) groups excluding carboxylic acids is 3. The van der Waals surface area contributed by atoms with E-state index in [1.807, 2.05) is 24.3 Å². The number of alkyl carbamates (subject to hydrolysis) is 1. The van der Waals surface area contributed by atoms with Crippen molar-refractivity contribution in [3.63, 3.8) is 0 Å². The third kappa shape index (κ3) is 7.80. The van der Waals surface area contributed by atoms with Crippen LogP contribution in [0, 0.1) is 5.82 Å². The Labute approximate surface area is 237 Å². The Bertz CT molecular complexity index is 1410. The Hall–Kier alpha value is -3.95. The molecule has 0 aromatic heterocycles. The number of ether oxygens (including phenoxy) is 1. The lowest BCUT2D eigenvalue weighted by Crippen LogP contribution is -2.43. The predicted molar refractivity (Wildman–Crippen MR) is 151 cm³/mol. The first-order valence-corrected chi connectivity index (χ1v) is 13.3. The highest BCUT2D eigenvalue weighted by molar-refractivity contribution is 6.30. The first kappa shape index (κ1) is 29.0. The fraction of sp³-hybridized carbons (Fsp3) is 0.300. The summed E-state index contributed by atoms with van der Waals surface area (Å²) in [4.78, 5) is 38.1. The third-order valence-electron chi connectivity index (χ3n) is 6.21. The van der Waals surface area contributed by atoms with Gasteiger partial charge in [-0.3, -0.25) is 14.9 Å². The van der Waals surface area contributed by atoms with Gasteiger partial charge >= 0.3 is 6.09 Å². The van der Waals surface area contributed by atoms with Gasteiger partial charge < -0.3 is 20.7 Å². The minimum atomic E-state index is -0.889. The average Bonchev–Trinajstić information content (AvgIpc) is 3.02. The van der Waals surface area contributed by atoms with Gasteiger partial charge in [0, 0.05) is 29.4 Å². The SMILES string of the molecule is CC(C)(C)OC(=O)NCc1cccc([C@H]2N[C@@H](CC(=O)NCc3ccccc3F)C(=O)Nc3ccc(Cl)cc32)c1. The minimum absolute atomic E-state index is 0.00576. The maximum absolute atomic E-state index is 14.0. The van der Waals surface area contributed by atoms with Crippen molar-refractivity contribution in [2.45, 2.75) is 58.0 Å². The lowest BCUT2D eigenvalue weighted by atomic mass is 9.95. The fourth-order valence-corrected chi connectivity index (χ4v) is 4.54. The first-order chi connectivity index (χ1) is 19.0. The van der Waals surface area contributed by atoms with E-state index in [0.717, 1.165) is 16.7 Å². The maximum Gasteiger partial charge on any atom is 0.407 e. The van der Waals surface area contributed by atoms with E-state index < -0.39 is 35.5 Å². The Balaban J connectivity index is 1.53. The molecule has 0 radical (unpaired) electrons. The highest BCUT2D eigenvalue weighted by atomic mass is 35.5. The maximum atomic E-state index is 14.0. The van der Waals surface area contributed by atoms with Crippen molar-refractivity contribution in [3.8, 4) is 0 Å². The molecule has 0 spiro atoms. The molecular weight excluding hydrogens is 535 g/mol. The monoisotopic (exact) mass is 566 g/mol. The third-order valence-corrected chi connectivity index (χ3v) is 6.45. The highest BCUT2D eigenvalue weighted by Gasteiger charge is 2.32. The number of carbonyl (C=O) groups is 3. The molecule has 4 N–H and O–H groups in total. The Morgan fingerprint density at radius 2 is 1.77 bits per heavy atom. The number of hydrogen-bond acceptors (Lipinski definition) is 5. The van der Waals surface area contributed by atoms with Crippen molar-refractivity contribution < 1.29 is 23.5 Å². The molecule has 4 rings (SSSR count). The van der Waals surface area contributed by atoms with Gasteiger partial charge in [0.1, 0.15) is 11.4 Å². The number of benzene rings is 3. The molecule has 1 aliphatic rings. The standard InChI is InChI=1S/C30H32ClFN4O4/c1-30(2,3)40-29(39)34-16-18-7-6-9-19(13-18)27-22-14-21(31)11-12-24(22)36-28(38)25(35-27)15-26(37)33-17-20-8-4-5-10-23(20)32/h4-14,25,27,35H,15-17H2,1-3H3,(H,33,37)(H,34,39)(H,36,38)/t25-,27+/m0/s1. The second-order valence-corrected chi connectivity index (χ2v) is 11.0. The average molecular weight is 567 g/mol. The van der Waals surface area contributed by atoms with Gasteiger partial charge in [-0.1, -0.05) is 54.1 Å². The van der Waals surface area contributed by atoms with E-state index in [9.17, 15) is 18.8 Å². The number of anilines is 1. The smallest absolute Gasteiger partial charge is 0.407 e. The van der Waals surface area contributed by atoms with Crippen LogP contribution in [-0.4, -0.2) is 29.6 Å². The zero-order valence-corrected chi connectivity index (χ0v) is 23.3. The molecule has 3 aromatic rings. The van der Waals surface area contributed by atoms with Crippen LogP contribution in [0.1, 0.15) is 55.5 Å². The van der Waals surface area contributed by atoms with Crippen molar-refractivity contribution in [3.05, 3.63) is 99.8 Å². The van der Waals surface area contributed by atoms with E-state index in [1.54, 1.807) is 57.2 Å². The quantitative estimate of drug-likeness (QED) is 0.314. The van der Waals surface area contributed by atoms with Crippen LogP contribution in [0.5, 0.6) is 0 Å². The molecule has 40 heavy (non-hydrogen) atoms. The van der Waals surface area contributed by atoms with Crippen LogP contribution in [0.15, 0.2) is 66.7 Å². The van der Waals surface area contributed by atoms with E-state index in [0.29, 0.717) is 16.3 Å². The molecule has 0 aliphatic carbocycles. The predicted octanol–water partition coefficient (Wildman–Crippen LogP) is 5.21. The summed E-state index contributed by atoms with van der Waals surface area (Å²) in [6.45, 7) is 5.61. The van der Waals surface area contributed by atoms with Crippen LogP contribution in [0.25, 0.3) is 0 Å². The second kappa shape index (κ2) is 12.5. The molecule has 0 fully saturated rings. The molecular formula is C30H32ClFN4O4. The zero-order valence-electron chi connectivity index (χ0n) is 22.5. The molecule has 3 aromatic carbocycles. The lowest BCUT2D eigenvalue weighted by Gasteiger charge is -2.23. The minimum Gasteiger partial charge on any atom is -0.444 e. The van der Waals surface area contributed by atoms with E-state index in [1.165, 1.54) is 6.07 Å². The van der Waals surface area contributed by atoms with E-state index in [2.05, 4.69) is 21.3 Å². The number of nitrogens with one attached hydrogen (secondary N) is 4. The highest BCUT2D eigenvalue weighted by Crippen LogP contribution is 2.34. The lowest BCUT2D eigenvalue weighted by molar-refractivity contribution is -0.126. The summed E-state index contributed by atoms with van der Waals surface area (Å²) >= 11 is 6.32. The first-order valence-electron chi connectivity index (χ1n) is 12.9. The second-order valence-electron chi connectivity index (χ2n) is 10.5. The normalized spacial score (nSPS) is 16.8. The van der Waals surface area contributed by atoms with Crippen molar-refractivity contribution in [1.29, 1.82) is 0 Å². The molecule has 210 valence electrons. The number of halogens is 2. The number of hydrogen-bond donors (Lipinski definition) is 4. The van der Waals surface area contributed by atoms with Crippen molar-refractivity contribution in [1.82, 2.24) is 16.0 Å². The van der Waals surface area contributed by atoms with Gasteiger partial charge in [0.05, 0.1) is 18.5 Å². The topological polar surface area (TPSA) is 109 Å². The van der Waals surface area contributed by atoms with Crippen LogP contribution in [0.4, 0.5) is 14.9 Å². The van der Waals surface area contributed by atoms with Crippen molar-refractivity contribution in [2.75, 3.05) is 5.32 Å². The van der Waals surface area contributed by atoms with Gasteiger partial charge in [0.25, 0.3) is 0 Å². The number of rotatable bonds is 7. The molecule has 0 bridgehead atoms. The molecule has 0 saturated heterocycles. The molecule has 1 heterocycles. The Morgan fingerprint density at radius 1 is 1.00 bits per heavy atom. The summed E-state index contributed by atoms with van der Waals surface area (Å²) < 4.78 is 19.3. The van der Waals surface area contributed by atoms with Crippen LogP contribution in [0.2, 0.25) is 5.02 Å². The number of fused-ring (bicyclic) bond motifs is 1. The van der Waals surface area contributed by atoms with Crippen LogP contribution < -0.4 is 21.3 Å². The van der Waals surface area contributed by atoms with Gasteiger partial charge in [0.15, 0.2) is 0 Å². The molecule has 3 amide bonds. The van der Waals surface area contributed by atoms with E-state index >= 15 is 0 Å². The summed E-state index contributed by atoms with van der Waals surface area (Å²) in [5, 5.41) is 12.1.